The lowest BCUT2D eigenvalue weighted by Crippen LogP contribution is -2.42. The molecule has 0 bridgehead atoms. The van der Waals surface area contributed by atoms with Crippen LogP contribution in [0.2, 0.25) is 6.04 Å². The Morgan fingerprint density at radius 3 is 2.17 bits per heavy atom. The van der Waals surface area contributed by atoms with Crippen molar-refractivity contribution < 1.29 is 23.1 Å². The lowest BCUT2D eigenvalue weighted by atomic mass is 10.2. The molecule has 0 saturated carbocycles. The molecule has 0 fully saturated rings. The maximum Gasteiger partial charge on any atom is 0.500 e. The van der Waals surface area contributed by atoms with Crippen molar-refractivity contribution in [1.82, 2.24) is 0 Å². The fraction of sp³-hybridized carbons (Fsp3) is 0.500. The molecule has 1 N–H and O–H groups in total. The van der Waals surface area contributed by atoms with Gasteiger partial charge in [-0.25, -0.2) is 0 Å². The summed E-state index contributed by atoms with van der Waals surface area (Å²) >= 11 is 0. The second-order valence-corrected chi connectivity index (χ2v) is 7.63. The standard InChI is InChI=1S/C12H19N3O7Si/c1-20-23(21-2,22-3)8-4-7-13-11-6-5-10(14(16)17)9-12(11)15(18)19/h5-6,9,13H,4,7-8H2,1-3H3. The quantitative estimate of drug-likeness (QED) is 0.296. The Bertz CT molecular complexity index is 557. The monoisotopic (exact) mass is 345 g/mol. The Labute approximate surface area is 134 Å². The van der Waals surface area contributed by atoms with E-state index in [-0.39, 0.29) is 17.1 Å². The summed E-state index contributed by atoms with van der Waals surface area (Å²) in [5, 5.41) is 24.6. The van der Waals surface area contributed by atoms with Crippen molar-refractivity contribution in [2.24, 2.45) is 0 Å². The topological polar surface area (TPSA) is 126 Å². The van der Waals surface area contributed by atoms with Crippen LogP contribution in [0.15, 0.2) is 18.2 Å². The number of nitrogens with zero attached hydrogens (tertiary/aromatic N) is 2. The molecule has 1 aromatic rings. The molecule has 0 aromatic heterocycles. The van der Waals surface area contributed by atoms with Crippen LogP contribution in [0.1, 0.15) is 6.42 Å². The third-order valence-electron chi connectivity index (χ3n) is 3.30. The maximum absolute atomic E-state index is 11.0. The molecule has 1 aromatic carbocycles. The van der Waals surface area contributed by atoms with Crippen LogP contribution >= 0.6 is 0 Å². The zero-order valence-electron chi connectivity index (χ0n) is 13.1. The normalized spacial score (nSPS) is 11.3. The van der Waals surface area contributed by atoms with Crippen molar-refractivity contribution in [2.75, 3.05) is 33.2 Å². The lowest BCUT2D eigenvalue weighted by Gasteiger charge is -2.24. The first-order valence-electron chi connectivity index (χ1n) is 6.71. The third kappa shape index (κ3) is 4.96. The average molecular weight is 345 g/mol. The van der Waals surface area contributed by atoms with E-state index in [9.17, 15) is 20.2 Å². The van der Waals surface area contributed by atoms with E-state index in [1.165, 1.54) is 33.5 Å². The first-order valence-corrected chi connectivity index (χ1v) is 8.64. The molecule has 10 nitrogen and oxygen atoms in total. The van der Waals surface area contributed by atoms with Crippen LogP contribution in [0.25, 0.3) is 0 Å². The van der Waals surface area contributed by atoms with Gasteiger partial charge < -0.3 is 18.6 Å². The van der Waals surface area contributed by atoms with Crippen molar-refractivity contribution in [3.63, 3.8) is 0 Å². The molecular formula is C12H19N3O7Si. The minimum Gasteiger partial charge on any atom is -0.379 e. The van der Waals surface area contributed by atoms with Gasteiger partial charge in [-0.3, -0.25) is 20.2 Å². The Hall–Kier alpha value is -2.08. The summed E-state index contributed by atoms with van der Waals surface area (Å²) in [6, 6.07) is 4.00. The molecule has 0 aliphatic heterocycles. The van der Waals surface area contributed by atoms with Gasteiger partial charge in [-0.1, -0.05) is 0 Å². The van der Waals surface area contributed by atoms with Crippen molar-refractivity contribution >= 4 is 25.9 Å². The molecule has 23 heavy (non-hydrogen) atoms. The molecule has 0 aliphatic carbocycles. The number of hydrogen-bond acceptors (Lipinski definition) is 8. The Morgan fingerprint density at radius 1 is 1.09 bits per heavy atom. The first-order chi connectivity index (χ1) is 10.9. The van der Waals surface area contributed by atoms with E-state index in [0.717, 1.165) is 6.07 Å². The molecule has 11 heteroatoms. The molecule has 0 saturated heterocycles. The lowest BCUT2D eigenvalue weighted by molar-refractivity contribution is -0.393. The van der Waals surface area contributed by atoms with Crippen molar-refractivity contribution in [3.8, 4) is 0 Å². The molecule has 0 aliphatic rings. The summed E-state index contributed by atoms with van der Waals surface area (Å²) in [5.41, 5.74) is -0.445. The molecule has 1 rings (SSSR count). The SMILES string of the molecule is CO[Si](CCCNc1ccc([N+](=O)[O-])cc1[N+](=O)[O-])(OC)OC. The van der Waals surface area contributed by atoms with Crippen LogP contribution in [0.5, 0.6) is 0 Å². The van der Waals surface area contributed by atoms with Gasteiger partial charge in [0.25, 0.3) is 11.4 Å². The van der Waals surface area contributed by atoms with Crippen LogP contribution in [-0.2, 0) is 13.3 Å². The molecule has 128 valence electrons. The van der Waals surface area contributed by atoms with E-state index in [1.54, 1.807) is 0 Å². The van der Waals surface area contributed by atoms with E-state index in [1.807, 2.05) is 0 Å². The van der Waals surface area contributed by atoms with Gasteiger partial charge >= 0.3 is 8.80 Å². The zero-order valence-corrected chi connectivity index (χ0v) is 14.1. The largest absolute Gasteiger partial charge is 0.500 e. The van der Waals surface area contributed by atoms with E-state index < -0.39 is 18.7 Å². The van der Waals surface area contributed by atoms with Crippen molar-refractivity contribution in [2.45, 2.75) is 12.5 Å². The number of hydrogen-bond donors (Lipinski definition) is 1. The molecule has 0 spiro atoms. The van der Waals surface area contributed by atoms with Crippen molar-refractivity contribution in [1.29, 1.82) is 0 Å². The fourth-order valence-corrected chi connectivity index (χ4v) is 3.74. The first kappa shape index (κ1) is 19.0. The summed E-state index contributed by atoms with van der Waals surface area (Å²) in [4.78, 5) is 20.4. The number of benzene rings is 1. The highest BCUT2D eigenvalue weighted by Gasteiger charge is 2.36. The molecule has 0 unspecified atom stereocenters. The van der Waals surface area contributed by atoms with E-state index in [2.05, 4.69) is 5.32 Å². The number of rotatable bonds is 10. The van der Waals surface area contributed by atoms with Crippen LogP contribution < -0.4 is 5.32 Å². The fourth-order valence-electron chi connectivity index (χ4n) is 2.02. The van der Waals surface area contributed by atoms with E-state index in [4.69, 9.17) is 13.3 Å². The number of nitrogens with one attached hydrogen (secondary N) is 1. The third-order valence-corrected chi connectivity index (χ3v) is 6.13. The van der Waals surface area contributed by atoms with Gasteiger partial charge in [0.1, 0.15) is 5.69 Å². The highest BCUT2D eigenvalue weighted by atomic mass is 28.4. The number of anilines is 1. The smallest absolute Gasteiger partial charge is 0.379 e. The van der Waals surface area contributed by atoms with Gasteiger partial charge in [-0.2, -0.15) is 0 Å². The van der Waals surface area contributed by atoms with Gasteiger partial charge in [0.2, 0.25) is 0 Å². The summed E-state index contributed by atoms with van der Waals surface area (Å²) in [5.74, 6) is 0. The van der Waals surface area contributed by atoms with Gasteiger partial charge in [0.15, 0.2) is 0 Å². The number of non-ortho nitro benzene ring substituents is 1. The molecule has 0 radical (unpaired) electrons. The Morgan fingerprint density at radius 2 is 1.70 bits per heavy atom. The average Bonchev–Trinajstić information content (AvgIpc) is 2.55. The second kappa shape index (κ2) is 8.52. The van der Waals surface area contributed by atoms with Gasteiger partial charge in [-0.15, -0.1) is 0 Å². The highest BCUT2D eigenvalue weighted by molar-refractivity contribution is 6.60. The molecule has 0 amide bonds. The summed E-state index contributed by atoms with van der Waals surface area (Å²) in [6.45, 7) is 0.406. The molecular weight excluding hydrogens is 326 g/mol. The zero-order chi connectivity index (χ0) is 17.5. The summed E-state index contributed by atoms with van der Waals surface area (Å²) in [6.07, 6.45) is 0.593. The van der Waals surface area contributed by atoms with Crippen LogP contribution in [0.3, 0.4) is 0 Å². The van der Waals surface area contributed by atoms with E-state index >= 15 is 0 Å². The Kier molecular flexibility index (Phi) is 7.03. The summed E-state index contributed by atoms with van der Waals surface area (Å²) in [7, 11) is 1.85. The van der Waals surface area contributed by atoms with Crippen LogP contribution in [0.4, 0.5) is 17.1 Å². The minimum atomic E-state index is -2.68. The number of nitro groups is 2. The van der Waals surface area contributed by atoms with Crippen LogP contribution in [-0.4, -0.2) is 46.5 Å². The molecule has 0 atom stereocenters. The number of nitro benzene ring substituents is 2. The second-order valence-electron chi connectivity index (χ2n) is 4.54. The summed E-state index contributed by atoms with van der Waals surface area (Å²) < 4.78 is 15.8. The van der Waals surface area contributed by atoms with Crippen LogP contribution in [0, 0.1) is 20.2 Å². The highest BCUT2D eigenvalue weighted by Crippen LogP contribution is 2.29. The predicted molar refractivity (Wildman–Crippen MR) is 84.4 cm³/mol. The van der Waals surface area contributed by atoms with Gasteiger partial charge in [-0.05, 0) is 12.5 Å². The van der Waals surface area contributed by atoms with Gasteiger partial charge in [0.05, 0.1) is 15.9 Å². The minimum absolute atomic E-state index is 0.222. The molecule has 0 heterocycles. The Balaban J connectivity index is 2.71. The van der Waals surface area contributed by atoms with E-state index in [0.29, 0.717) is 19.0 Å². The van der Waals surface area contributed by atoms with Gasteiger partial charge in [0, 0.05) is 40.0 Å². The van der Waals surface area contributed by atoms with Crippen molar-refractivity contribution in [3.05, 3.63) is 38.4 Å². The maximum atomic E-state index is 11.0. The predicted octanol–water partition coefficient (Wildman–Crippen LogP) is 2.18.